The molecule has 1 heterocycles. The van der Waals surface area contributed by atoms with Gasteiger partial charge < -0.3 is 15.9 Å². The summed E-state index contributed by atoms with van der Waals surface area (Å²) in [5.74, 6) is 0.790. The van der Waals surface area contributed by atoms with Crippen molar-refractivity contribution < 1.29 is 4.74 Å². The Morgan fingerprint density at radius 2 is 1.91 bits per heavy atom. The highest BCUT2D eigenvalue weighted by atomic mass is 16.5. The molecule has 5 heteroatoms. The van der Waals surface area contributed by atoms with Gasteiger partial charge in [-0.15, -0.1) is 0 Å². The van der Waals surface area contributed by atoms with Crippen molar-refractivity contribution in [1.82, 2.24) is 4.68 Å². The molecule has 2 aromatic rings. The molecule has 0 unspecified atom stereocenters. The van der Waals surface area contributed by atoms with E-state index in [-0.39, 0.29) is 5.43 Å². The van der Waals surface area contributed by atoms with Crippen LogP contribution in [0.25, 0.3) is 0 Å². The smallest absolute Gasteiger partial charge is 0.223 e. The lowest BCUT2D eigenvalue weighted by atomic mass is 10.0. The van der Waals surface area contributed by atoms with Crippen LogP contribution >= 0.6 is 0 Å². The monoisotopic (exact) mass is 313 g/mol. The van der Waals surface area contributed by atoms with Crippen molar-refractivity contribution in [1.29, 1.82) is 0 Å². The van der Waals surface area contributed by atoms with Crippen LogP contribution in [-0.4, -0.2) is 11.3 Å². The Kier molecular flexibility index (Phi) is 4.98. The number of nitrogens with two attached hydrogens (primary N) is 1. The van der Waals surface area contributed by atoms with E-state index >= 15 is 0 Å². The average molecular weight is 313 g/mol. The van der Waals surface area contributed by atoms with Gasteiger partial charge in [0.05, 0.1) is 12.4 Å². The van der Waals surface area contributed by atoms with E-state index in [1.165, 1.54) is 18.9 Å². The summed E-state index contributed by atoms with van der Waals surface area (Å²) in [6.45, 7) is 0.698. The maximum atomic E-state index is 12.4. The fourth-order valence-corrected chi connectivity index (χ4v) is 3.23. The van der Waals surface area contributed by atoms with Crippen molar-refractivity contribution in [2.24, 2.45) is 5.73 Å². The van der Waals surface area contributed by atoms with Crippen LogP contribution in [0, 0.1) is 0 Å². The van der Waals surface area contributed by atoms with E-state index in [1.807, 2.05) is 35.0 Å². The van der Waals surface area contributed by atoms with E-state index in [0.717, 1.165) is 24.1 Å². The number of aromatic nitrogens is 1. The van der Waals surface area contributed by atoms with Crippen LogP contribution in [0.2, 0.25) is 0 Å². The summed E-state index contributed by atoms with van der Waals surface area (Å²) in [5, 5.41) is 0. The first-order valence-electron chi connectivity index (χ1n) is 8.16. The third-order valence-electron chi connectivity index (χ3n) is 4.32. The molecule has 3 N–H and O–H groups in total. The van der Waals surface area contributed by atoms with Crippen LogP contribution in [0.4, 0.5) is 0 Å². The normalized spacial score (nSPS) is 14.8. The standard InChI is InChI=1S/C18H23N3O2/c19-13-20-21-11-10-16(22)18(17(21)15-8-4-5-9-15)23-12-14-6-2-1-3-7-14/h1-3,6-7,10-11,15,20H,4-5,8-9,12-13,19H2. The maximum Gasteiger partial charge on any atom is 0.223 e. The molecule has 0 amide bonds. The zero-order chi connectivity index (χ0) is 16.1. The lowest BCUT2D eigenvalue weighted by Gasteiger charge is -2.22. The molecule has 1 aliphatic carbocycles. The van der Waals surface area contributed by atoms with Crippen molar-refractivity contribution in [3.05, 3.63) is 64.1 Å². The van der Waals surface area contributed by atoms with E-state index in [4.69, 9.17) is 10.5 Å². The zero-order valence-corrected chi connectivity index (χ0v) is 13.2. The molecule has 1 aliphatic rings. The number of hydrogen-bond acceptors (Lipinski definition) is 4. The topological polar surface area (TPSA) is 69.3 Å². The quantitative estimate of drug-likeness (QED) is 0.804. The van der Waals surface area contributed by atoms with Gasteiger partial charge in [-0.1, -0.05) is 43.2 Å². The van der Waals surface area contributed by atoms with E-state index in [0.29, 0.717) is 24.9 Å². The van der Waals surface area contributed by atoms with Crippen LogP contribution < -0.4 is 21.3 Å². The van der Waals surface area contributed by atoms with Gasteiger partial charge in [-0.05, 0) is 18.4 Å². The molecule has 1 aromatic carbocycles. The van der Waals surface area contributed by atoms with E-state index in [1.54, 1.807) is 6.20 Å². The van der Waals surface area contributed by atoms with Crippen LogP contribution in [0.5, 0.6) is 5.75 Å². The number of nitrogens with one attached hydrogen (secondary N) is 1. The van der Waals surface area contributed by atoms with E-state index < -0.39 is 0 Å². The minimum absolute atomic E-state index is 0.0714. The second kappa shape index (κ2) is 7.33. The van der Waals surface area contributed by atoms with E-state index in [9.17, 15) is 4.79 Å². The van der Waals surface area contributed by atoms with Gasteiger partial charge in [-0.2, -0.15) is 0 Å². The highest BCUT2D eigenvalue weighted by molar-refractivity contribution is 5.33. The molecule has 122 valence electrons. The summed E-state index contributed by atoms with van der Waals surface area (Å²) in [4.78, 5) is 12.4. The molecule has 0 radical (unpaired) electrons. The number of pyridine rings is 1. The number of benzene rings is 1. The van der Waals surface area contributed by atoms with Crippen LogP contribution in [-0.2, 0) is 6.61 Å². The van der Waals surface area contributed by atoms with Gasteiger partial charge in [0.2, 0.25) is 5.43 Å². The summed E-state index contributed by atoms with van der Waals surface area (Å²) in [6, 6.07) is 11.4. The Morgan fingerprint density at radius 3 is 2.61 bits per heavy atom. The van der Waals surface area contributed by atoms with Gasteiger partial charge in [0.15, 0.2) is 5.75 Å². The Labute approximate surface area is 136 Å². The van der Waals surface area contributed by atoms with Crippen molar-refractivity contribution in [2.45, 2.75) is 38.2 Å². The van der Waals surface area contributed by atoms with Gasteiger partial charge in [-0.25, -0.2) is 0 Å². The molecule has 23 heavy (non-hydrogen) atoms. The van der Waals surface area contributed by atoms with Gasteiger partial charge in [0, 0.05) is 18.2 Å². The predicted octanol–water partition coefficient (Wildman–Crippen LogP) is 2.54. The predicted molar refractivity (Wildman–Crippen MR) is 91.1 cm³/mol. The lowest BCUT2D eigenvalue weighted by molar-refractivity contribution is 0.293. The van der Waals surface area contributed by atoms with Crippen LogP contribution in [0.3, 0.4) is 0 Å². The molecule has 5 nitrogen and oxygen atoms in total. The third kappa shape index (κ3) is 3.56. The summed E-state index contributed by atoms with van der Waals surface area (Å²) in [5.41, 5.74) is 10.6. The lowest BCUT2D eigenvalue weighted by Crippen LogP contribution is -2.28. The molecule has 0 bridgehead atoms. The number of nitrogens with zero attached hydrogens (tertiary/aromatic N) is 1. The molecule has 1 aromatic heterocycles. The summed E-state index contributed by atoms with van der Waals surface area (Å²) in [6.07, 6.45) is 6.29. The third-order valence-corrected chi connectivity index (χ3v) is 4.32. The van der Waals surface area contributed by atoms with Crippen molar-refractivity contribution in [2.75, 3.05) is 12.1 Å². The first-order valence-corrected chi connectivity index (χ1v) is 8.16. The zero-order valence-electron chi connectivity index (χ0n) is 13.2. The van der Waals surface area contributed by atoms with Crippen LogP contribution in [0.1, 0.15) is 42.9 Å². The van der Waals surface area contributed by atoms with Crippen LogP contribution in [0.15, 0.2) is 47.4 Å². The van der Waals surface area contributed by atoms with E-state index in [2.05, 4.69) is 5.43 Å². The molecule has 1 saturated carbocycles. The van der Waals surface area contributed by atoms with Gasteiger partial charge in [-0.3, -0.25) is 9.47 Å². The first-order chi connectivity index (χ1) is 11.3. The largest absolute Gasteiger partial charge is 0.483 e. The second-order valence-corrected chi connectivity index (χ2v) is 5.88. The molecular weight excluding hydrogens is 290 g/mol. The van der Waals surface area contributed by atoms with Gasteiger partial charge >= 0.3 is 0 Å². The van der Waals surface area contributed by atoms with Gasteiger partial charge in [0.1, 0.15) is 6.61 Å². The molecule has 3 rings (SSSR count). The van der Waals surface area contributed by atoms with Crippen molar-refractivity contribution >= 4 is 0 Å². The minimum atomic E-state index is -0.0714. The Bertz CT molecular complexity index is 691. The van der Waals surface area contributed by atoms with Crippen molar-refractivity contribution in [3.63, 3.8) is 0 Å². The average Bonchev–Trinajstić information content (AvgIpc) is 3.10. The molecular formula is C18H23N3O2. The fraction of sp³-hybridized carbons (Fsp3) is 0.389. The first kappa shape index (κ1) is 15.6. The molecule has 0 aliphatic heterocycles. The number of hydrogen-bond donors (Lipinski definition) is 2. The Morgan fingerprint density at radius 1 is 1.17 bits per heavy atom. The Hall–Kier alpha value is -2.27. The van der Waals surface area contributed by atoms with Gasteiger partial charge in [0.25, 0.3) is 0 Å². The molecule has 0 spiro atoms. The minimum Gasteiger partial charge on any atom is -0.483 e. The maximum absolute atomic E-state index is 12.4. The fourth-order valence-electron chi connectivity index (χ4n) is 3.23. The number of ether oxygens (including phenoxy) is 1. The summed E-state index contributed by atoms with van der Waals surface area (Å²) < 4.78 is 7.80. The molecule has 0 saturated heterocycles. The number of rotatable bonds is 6. The molecule has 0 atom stereocenters. The highest BCUT2D eigenvalue weighted by Crippen LogP contribution is 2.37. The van der Waals surface area contributed by atoms with Crippen molar-refractivity contribution in [3.8, 4) is 5.75 Å². The summed E-state index contributed by atoms with van der Waals surface area (Å²) >= 11 is 0. The highest BCUT2D eigenvalue weighted by Gasteiger charge is 2.25. The molecule has 1 fully saturated rings. The Balaban J connectivity index is 1.93. The second-order valence-electron chi connectivity index (χ2n) is 5.88. The SMILES string of the molecule is NCNn1ccc(=O)c(OCc2ccccc2)c1C1CCCC1. The summed E-state index contributed by atoms with van der Waals surface area (Å²) in [7, 11) is 0.